The lowest BCUT2D eigenvalue weighted by atomic mass is 10.0. The van der Waals surface area contributed by atoms with E-state index >= 15 is 0 Å². The van der Waals surface area contributed by atoms with Gasteiger partial charge in [-0.15, -0.1) is 0 Å². The minimum atomic E-state index is -3.58. The first-order chi connectivity index (χ1) is 20.1. The number of carboxylic acids is 1. The van der Waals surface area contributed by atoms with Gasteiger partial charge in [0.15, 0.2) is 0 Å². The molecular formula is C32H34N2O7S. The summed E-state index contributed by atoms with van der Waals surface area (Å²) < 4.78 is 38.1. The van der Waals surface area contributed by atoms with Gasteiger partial charge in [-0.3, -0.25) is 4.72 Å². The first kappa shape index (κ1) is 30.6. The zero-order chi connectivity index (χ0) is 30.1. The Balaban J connectivity index is 1.30. The van der Waals surface area contributed by atoms with E-state index in [1.54, 1.807) is 42.5 Å². The van der Waals surface area contributed by atoms with Gasteiger partial charge in [0, 0.05) is 12.6 Å². The average Bonchev–Trinajstić information content (AvgIpc) is 2.98. The van der Waals surface area contributed by atoms with Gasteiger partial charge in [-0.05, 0) is 65.6 Å². The Morgan fingerprint density at radius 3 is 2.14 bits per heavy atom. The van der Waals surface area contributed by atoms with Crippen molar-refractivity contribution in [3.8, 4) is 22.6 Å². The molecule has 0 radical (unpaired) electrons. The topological polar surface area (TPSA) is 134 Å². The predicted molar refractivity (Wildman–Crippen MR) is 162 cm³/mol. The van der Waals surface area contributed by atoms with Crippen molar-refractivity contribution in [2.45, 2.75) is 25.7 Å². The van der Waals surface area contributed by atoms with Crippen molar-refractivity contribution in [1.82, 2.24) is 5.32 Å². The van der Waals surface area contributed by atoms with Crippen molar-refractivity contribution in [1.29, 1.82) is 0 Å². The molecule has 0 spiro atoms. The average molecular weight is 591 g/mol. The van der Waals surface area contributed by atoms with Gasteiger partial charge in [-0.25, -0.2) is 13.2 Å². The van der Waals surface area contributed by atoms with E-state index in [9.17, 15) is 18.3 Å². The number of carboxylic acid groups (broad SMARTS) is 1. The van der Waals surface area contributed by atoms with Gasteiger partial charge in [0.05, 0.1) is 23.6 Å². The zero-order valence-corrected chi connectivity index (χ0v) is 24.2. The van der Waals surface area contributed by atoms with E-state index in [4.69, 9.17) is 14.6 Å². The van der Waals surface area contributed by atoms with Gasteiger partial charge in [-0.1, -0.05) is 60.7 Å². The molecule has 4 rings (SSSR count). The number of hydrogen-bond donors (Lipinski definition) is 4. The second-order valence-corrected chi connectivity index (χ2v) is 11.6. The lowest BCUT2D eigenvalue weighted by molar-refractivity contribution is 0.0697. The Hall–Kier alpha value is -4.38. The molecule has 9 nitrogen and oxygen atoms in total. The van der Waals surface area contributed by atoms with Crippen molar-refractivity contribution in [3.05, 3.63) is 114 Å². The van der Waals surface area contributed by atoms with Crippen LogP contribution in [0.15, 0.2) is 97.1 Å². The molecule has 220 valence electrons. The number of aliphatic hydroxyl groups excluding tert-OH is 1. The van der Waals surface area contributed by atoms with E-state index in [2.05, 4.69) is 10.0 Å². The summed E-state index contributed by atoms with van der Waals surface area (Å²) in [5.74, 6) is 0.0764. The van der Waals surface area contributed by atoms with Gasteiger partial charge in [0.25, 0.3) is 0 Å². The van der Waals surface area contributed by atoms with Gasteiger partial charge >= 0.3 is 5.97 Å². The van der Waals surface area contributed by atoms with Crippen molar-refractivity contribution < 1.29 is 32.9 Å². The van der Waals surface area contributed by atoms with Crippen molar-refractivity contribution in [2.75, 3.05) is 24.1 Å². The number of hydrogen-bond acceptors (Lipinski definition) is 7. The highest BCUT2D eigenvalue weighted by Crippen LogP contribution is 2.31. The summed E-state index contributed by atoms with van der Waals surface area (Å²) in [6.45, 7) is 2.92. The Morgan fingerprint density at radius 2 is 1.52 bits per heavy atom. The Bertz CT molecular complexity index is 1580. The van der Waals surface area contributed by atoms with Crippen molar-refractivity contribution in [3.63, 3.8) is 0 Å². The zero-order valence-electron chi connectivity index (χ0n) is 23.4. The minimum Gasteiger partial charge on any atom is -0.492 e. The normalized spacial score (nSPS) is 12.7. The Kier molecular flexibility index (Phi) is 10.2. The van der Waals surface area contributed by atoms with E-state index in [0.717, 1.165) is 22.9 Å². The molecule has 0 saturated carbocycles. The summed E-state index contributed by atoms with van der Waals surface area (Å²) in [5.41, 5.74) is 3.80. The van der Waals surface area contributed by atoms with Crippen LogP contribution in [-0.4, -0.2) is 50.0 Å². The molecule has 0 aliphatic carbocycles. The molecule has 0 saturated heterocycles. The number of benzene rings is 4. The van der Waals surface area contributed by atoms with E-state index in [1.165, 1.54) is 0 Å². The smallest absolute Gasteiger partial charge is 0.335 e. The maximum absolute atomic E-state index is 12.0. The molecule has 0 aliphatic heterocycles. The fraction of sp³-hybridized carbons (Fsp3) is 0.219. The monoisotopic (exact) mass is 590 g/mol. The standard InChI is InChI=1S/C32H34N2O7S/c1-22(33-18-19-40-28-15-12-25(13-16-28)24-8-10-26(11-9-24)32(36)37)31(35)27-14-17-30(29(20-27)34-42(2,38)39)41-21-23-6-4-3-5-7-23/h3-17,20,22,31,33-35H,18-19,21H2,1-2H3,(H,36,37)/t22-,31+/m0/s1. The van der Waals surface area contributed by atoms with Crippen LogP contribution < -0.4 is 19.5 Å². The minimum absolute atomic E-state index is 0.237. The maximum Gasteiger partial charge on any atom is 0.335 e. The molecule has 4 aromatic rings. The highest BCUT2D eigenvalue weighted by Gasteiger charge is 2.19. The summed E-state index contributed by atoms with van der Waals surface area (Å²) in [6.07, 6.45) is 0.146. The van der Waals surface area contributed by atoms with Crippen molar-refractivity contribution in [2.24, 2.45) is 0 Å². The maximum atomic E-state index is 12.0. The van der Waals surface area contributed by atoms with E-state index < -0.39 is 22.1 Å². The van der Waals surface area contributed by atoms with E-state index in [-0.39, 0.29) is 23.9 Å². The van der Waals surface area contributed by atoms with Crippen LogP contribution in [0.2, 0.25) is 0 Å². The summed E-state index contributed by atoms with van der Waals surface area (Å²) in [7, 11) is -3.58. The van der Waals surface area contributed by atoms with Gasteiger partial charge < -0.3 is 25.0 Å². The molecule has 0 amide bonds. The SMILES string of the molecule is C[C@H](NCCOc1ccc(-c2ccc(C(=O)O)cc2)cc1)[C@@H](O)c1ccc(OCc2ccccc2)c(NS(C)(=O)=O)c1. The number of nitrogens with one attached hydrogen (secondary N) is 2. The van der Waals surface area contributed by atoms with Crippen LogP contribution in [0, 0.1) is 0 Å². The highest BCUT2D eigenvalue weighted by molar-refractivity contribution is 7.92. The van der Waals surface area contributed by atoms with E-state index in [0.29, 0.717) is 30.2 Å². The Labute approximate surface area is 245 Å². The molecule has 2 atom stereocenters. The molecule has 10 heteroatoms. The Morgan fingerprint density at radius 1 is 0.881 bits per heavy atom. The number of rotatable bonds is 14. The molecule has 4 N–H and O–H groups in total. The fourth-order valence-electron chi connectivity index (χ4n) is 4.28. The van der Waals surface area contributed by atoms with Crippen molar-refractivity contribution >= 4 is 21.7 Å². The van der Waals surface area contributed by atoms with Gasteiger partial charge in [0.1, 0.15) is 24.7 Å². The first-order valence-corrected chi connectivity index (χ1v) is 15.2. The molecule has 0 aliphatic rings. The molecule has 0 unspecified atom stereocenters. The van der Waals surface area contributed by atoms with Crippen LogP contribution in [0.5, 0.6) is 11.5 Å². The molecule has 0 heterocycles. The summed E-state index contributed by atoms with van der Waals surface area (Å²) >= 11 is 0. The van der Waals surface area contributed by atoms with Crippen LogP contribution in [0.1, 0.15) is 34.5 Å². The second-order valence-electron chi connectivity index (χ2n) is 9.85. The molecule has 0 fully saturated rings. The van der Waals surface area contributed by atoms with Crippen LogP contribution in [0.25, 0.3) is 11.1 Å². The third kappa shape index (κ3) is 8.81. The molecule has 0 aromatic heterocycles. The number of ether oxygens (including phenoxy) is 2. The third-order valence-electron chi connectivity index (χ3n) is 6.51. The van der Waals surface area contributed by atoms with Crippen LogP contribution >= 0.6 is 0 Å². The van der Waals surface area contributed by atoms with Crippen LogP contribution in [-0.2, 0) is 16.6 Å². The molecule has 0 bridgehead atoms. The van der Waals surface area contributed by atoms with Gasteiger partial charge in [0.2, 0.25) is 10.0 Å². The molecular weight excluding hydrogens is 556 g/mol. The second kappa shape index (κ2) is 14.0. The summed E-state index contributed by atoms with van der Waals surface area (Å²) in [5, 5.41) is 23.3. The fourth-order valence-corrected chi connectivity index (χ4v) is 4.84. The highest BCUT2D eigenvalue weighted by atomic mass is 32.2. The largest absolute Gasteiger partial charge is 0.492 e. The summed E-state index contributed by atoms with van der Waals surface area (Å²) in [6, 6.07) is 28.3. The lowest BCUT2D eigenvalue weighted by Gasteiger charge is -2.22. The molecule has 4 aromatic carbocycles. The third-order valence-corrected chi connectivity index (χ3v) is 7.10. The number of aromatic carboxylic acids is 1. The quantitative estimate of drug-likeness (QED) is 0.149. The first-order valence-electron chi connectivity index (χ1n) is 13.4. The number of anilines is 1. The predicted octanol–water partition coefficient (Wildman–Crippen LogP) is 5.09. The number of sulfonamides is 1. The lowest BCUT2D eigenvalue weighted by Crippen LogP contribution is -2.35. The van der Waals surface area contributed by atoms with Gasteiger partial charge in [-0.2, -0.15) is 0 Å². The van der Waals surface area contributed by atoms with E-state index in [1.807, 2.05) is 61.5 Å². The van der Waals surface area contributed by atoms with Crippen LogP contribution in [0.3, 0.4) is 0 Å². The number of carbonyl (C=O) groups is 1. The number of aliphatic hydroxyl groups is 1. The molecule has 42 heavy (non-hydrogen) atoms. The summed E-state index contributed by atoms with van der Waals surface area (Å²) in [4.78, 5) is 11.0. The van der Waals surface area contributed by atoms with Crippen LogP contribution in [0.4, 0.5) is 5.69 Å².